The molecule has 0 unspecified atom stereocenters. The molecule has 1 aliphatic carbocycles. The van der Waals surface area contributed by atoms with E-state index in [0.29, 0.717) is 17.8 Å². The fourth-order valence-corrected chi connectivity index (χ4v) is 5.31. The summed E-state index contributed by atoms with van der Waals surface area (Å²) in [6.07, 6.45) is -2.06. The van der Waals surface area contributed by atoms with Crippen LogP contribution in [-0.2, 0) is 17.6 Å². The van der Waals surface area contributed by atoms with Crippen molar-refractivity contribution in [1.29, 1.82) is 0 Å². The van der Waals surface area contributed by atoms with E-state index in [4.69, 9.17) is 0 Å². The van der Waals surface area contributed by atoms with Crippen molar-refractivity contribution in [2.24, 2.45) is 17.8 Å². The molecule has 16 heteroatoms. The molecule has 2 N–H and O–H groups in total. The molecule has 216 valence electrons. The Morgan fingerprint density at radius 2 is 2.02 bits per heavy atom. The summed E-state index contributed by atoms with van der Waals surface area (Å²) in [6, 6.07) is -0.784. The molecule has 11 nitrogen and oxygen atoms in total. The molecule has 1 saturated heterocycles. The van der Waals surface area contributed by atoms with E-state index in [-0.39, 0.29) is 61.6 Å². The lowest BCUT2D eigenvalue weighted by Crippen LogP contribution is -2.47. The van der Waals surface area contributed by atoms with Crippen molar-refractivity contribution in [3.63, 3.8) is 0 Å². The fourth-order valence-electron chi connectivity index (χ4n) is 5.31. The predicted octanol–water partition coefficient (Wildman–Crippen LogP) is 3.22. The van der Waals surface area contributed by atoms with Gasteiger partial charge in [-0.25, -0.2) is 27.9 Å². The summed E-state index contributed by atoms with van der Waals surface area (Å²) in [5.41, 5.74) is 0.925. The molecule has 0 bridgehead atoms. The largest absolute Gasteiger partial charge is 0.393 e. The molecular formula is C24H27F5N8O3. The average molecular weight is 571 g/mol. The second-order valence-electron chi connectivity index (χ2n) is 10.3. The Kier molecular flexibility index (Phi) is 7.44. The number of fused-ring (bicyclic) bond motifs is 1. The minimum Gasteiger partial charge on any atom is -0.355 e. The van der Waals surface area contributed by atoms with Gasteiger partial charge in [-0.2, -0.15) is 18.3 Å². The van der Waals surface area contributed by atoms with E-state index in [1.54, 1.807) is 6.92 Å². The highest BCUT2D eigenvalue weighted by Crippen LogP contribution is 2.41. The van der Waals surface area contributed by atoms with Crippen LogP contribution >= 0.6 is 0 Å². The number of amides is 2. The van der Waals surface area contributed by atoms with Gasteiger partial charge in [-0.1, -0.05) is 12.1 Å². The van der Waals surface area contributed by atoms with Gasteiger partial charge in [-0.3, -0.25) is 9.59 Å². The van der Waals surface area contributed by atoms with Crippen molar-refractivity contribution >= 4 is 17.6 Å². The normalized spacial score (nSPS) is 22.7. The van der Waals surface area contributed by atoms with Gasteiger partial charge in [0, 0.05) is 31.7 Å². The second-order valence-corrected chi connectivity index (χ2v) is 10.3. The van der Waals surface area contributed by atoms with Crippen molar-refractivity contribution < 1.29 is 36.2 Å². The van der Waals surface area contributed by atoms with Crippen LogP contribution < -0.4 is 10.6 Å². The summed E-state index contributed by atoms with van der Waals surface area (Å²) >= 11 is 0. The van der Waals surface area contributed by atoms with E-state index >= 15 is 0 Å². The zero-order valence-electron chi connectivity index (χ0n) is 21.4. The molecular weight excluding hydrogens is 543 g/mol. The van der Waals surface area contributed by atoms with Gasteiger partial charge in [0.25, 0.3) is 11.7 Å². The zero-order chi connectivity index (χ0) is 28.7. The summed E-state index contributed by atoms with van der Waals surface area (Å²) in [5.74, 6) is -6.69. The summed E-state index contributed by atoms with van der Waals surface area (Å²) in [6.45, 7) is 1.31. The van der Waals surface area contributed by atoms with E-state index in [1.807, 2.05) is 0 Å². The molecule has 0 spiro atoms. The number of rotatable bonds is 7. The molecule has 2 aliphatic rings. The SMILES string of the molecule is CCc1nonc1C(=O)N[C@H](c1cn2nc(C[C@H]3C[C@@H](C(F)(F)F)CNC3=O)cnc2n1)C1CCC(F)(F)CC1. The highest BCUT2D eigenvalue weighted by atomic mass is 19.4. The summed E-state index contributed by atoms with van der Waals surface area (Å²) in [4.78, 5) is 34.0. The van der Waals surface area contributed by atoms with Gasteiger partial charge in [0.2, 0.25) is 11.8 Å². The average Bonchev–Trinajstić information content (AvgIpc) is 3.55. The number of nitrogens with zero attached hydrogens (tertiary/aromatic N) is 6. The fraction of sp³-hybridized carbons (Fsp3) is 0.625. The van der Waals surface area contributed by atoms with Crippen LogP contribution in [-0.4, -0.2) is 60.4 Å². The number of alkyl halides is 5. The molecule has 1 aliphatic heterocycles. The number of carbonyl (C=O) groups excluding carboxylic acids is 2. The van der Waals surface area contributed by atoms with Gasteiger partial charge >= 0.3 is 6.18 Å². The maximum absolute atomic E-state index is 13.9. The van der Waals surface area contributed by atoms with Crippen LogP contribution in [0.2, 0.25) is 0 Å². The Labute approximate surface area is 224 Å². The van der Waals surface area contributed by atoms with Crippen molar-refractivity contribution in [2.45, 2.75) is 70.0 Å². The van der Waals surface area contributed by atoms with Crippen molar-refractivity contribution in [2.75, 3.05) is 6.54 Å². The number of hydrogen-bond donors (Lipinski definition) is 2. The number of halogens is 5. The molecule has 4 heterocycles. The van der Waals surface area contributed by atoms with Gasteiger partial charge in [-0.15, -0.1) is 0 Å². The summed E-state index contributed by atoms with van der Waals surface area (Å²) in [7, 11) is 0. The zero-order valence-corrected chi connectivity index (χ0v) is 21.4. The predicted molar refractivity (Wildman–Crippen MR) is 126 cm³/mol. The third-order valence-corrected chi connectivity index (χ3v) is 7.58. The van der Waals surface area contributed by atoms with E-state index in [1.165, 1.54) is 16.9 Å². The number of hydrogen-bond acceptors (Lipinski definition) is 8. The topological polar surface area (TPSA) is 140 Å². The lowest BCUT2D eigenvalue weighted by Gasteiger charge is -2.33. The first-order chi connectivity index (χ1) is 18.9. The molecule has 40 heavy (non-hydrogen) atoms. The van der Waals surface area contributed by atoms with Gasteiger partial charge in [0.1, 0.15) is 5.69 Å². The lowest BCUT2D eigenvalue weighted by molar-refractivity contribution is -0.183. The molecule has 1 saturated carbocycles. The third-order valence-electron chi connectivity index (χ3n) is 7.58. The Balaban J connectivity index is 1.39. The quantitative estimate of drug-likeness (QED) is 0.413. The molecule has 0 aromatic carbocycles. The van der Waals surface area contributed by atoms with Crippen LogP contribution in [0.25, 0.3) is 5.78 Å². The van der Waals surface area contributed by atoms with E-state index < -0.39 is 48.3 Å². The van der Waals surface area contributed by atoms with Gasteiger partial charge < -0.3 is 10.6 Å². The smallest absolute Gasteiger partial charge is 0.355 e. The first-order valence-corrected chi connectivity index (χ1v) is 13.0. The maximum atomic E-state index is 13.9. The molecule has 3 atom stereocenters. The molecule has 3 aromatic heterocycles. The Bertz CT molecular complexity index is 1380. The number of piperidine rings is 1. The van der Waals surface area contributed by atoms with Crippen molar-refractivity contribution in [3.8, 4) is 0 Å². The highest BCUT2D eigenvalue weighted by Gasteiger charge is 2.45. The Morgan fingerprint density at radius 1 is 1.27 bits per heavy atom. The van der Waals surface area contributed by atoms with Crippen LogP contribution in [0.5, 0.6) is 0 Å². The molecule has 5 rings (SSSR count). The second kappa shape index (κ2) is 10.7. The van der Waals surface area contributed by atoms with Crippen LogP contribution in [0.15, 0.2) is 17.0 Å². The molecule has 2 amide bonds. The lowest BCUT2D eigenvalue weighted by atomic mass is 9.81. The Morgan fingerprint density at radius 3 is 2.73 bits per heavy atom. The van der Waals surface area contributed by atoms with Gasteiger partial charge in [0.05, 0.1) is 35.7 Å². The monoisotopic (exact) mass is 570 g/mol. The first kappa shape index (κ1) is 27.8. The maximum Gasteiger partial charge on any atom is 0.393 e. The Hall–Kier alpha value is -3.72. The van der Waals surface area contributed by atoms with Crippen LogP contribution in [0.3, 0.4) is 0 Å². The number of nitrogens with one attached hydrogen (secondary N) is 2. The van der Waals surface area contributed by atoms with Crippen molar-refractivity contribution in [1.82, 2.24) is 40.5 Å². The van der Waals surface area contributed by atoms with E-state index in [0.717, 1.165) is 0 Å². The molecule has 2 fully saturated rings. The standard InChI is InChI=1S/C24H27F5N8O3/c1-2-16-19(36-40-35-16)21(39)33-18(12-3-5-23(25,26)6-4-12)17-11-37-22(32-17)31-10-15(34-37)8-13-7-14(24(27,28)29)9-30-20(13)38/h10-14,18H,2-9H2,1H3,(H,30,38)(H,33,39)/t13-,14-,18+/m1/s1. The number of carbonyl (C=O) groups is 2. The first-order valence-electron chi connectivity index (χ1n) is 13.0. The van der Waals surface area contributed by atoms with E-state index in [2.05, 4.69) is 40.6 Å². The minimum absolute atomic E-state index is 0.0149. The van der Waals surface area contributed by atoms with Gasteiger partial charge in [-0.05, 0) is 36.8 Å². The minimum atomic E-state index is -4.43. The number of aryl methyl sites for hydroxylation is 1. The third kappa shape index (κ3) is 5.89. The van der Waals surface area contributed by atoms with E-state index in [9.17, 15) is 31.5 Å². The van der Waals surface area contributed by atoms with Crippen molar-refractivity contribution in [3.05, 3.63) is 35.2 Å². The molecule has 0 radical (unpaired) electrons. The number of aromatic nitrogens is 6. The summed E-state index contributed by atoms with van der Waals surface area (Å²) in [5, 5.41) is 16.9. The van der Waals surface area contributed by atoms with Crippen LogP contribution in [0.4, 0.5) is 22.0 Å². The number of imidazole rings is 1. The highest BCUT2D eigenvalue weighted by molar-refractivity contribution is 5.93. The van der Waals surface area contributed by atoms with Crippen LogP contribution in [0.1, 0.15) is 72.6 Å². The van der Waals surface area contributed by atoms with Crippen LogP contribution in [0, 0.1) is 17.8 Å². The summed E-state index contributed by atoms with van der Waals surface area (Å²) < 4.78 is 73.4. The van der Waals surface area contributed by atoms with Gasteiger partial charge in [0.15, 0.2) is 5.69 Å². The molecule has 3 aromatic rings.